The molecule has 4 rings (SSSR count). The van der Waals surface area contributed by atoms with Gasteiger partial charge in [-0.05, 0) is 69.0 Å². The van der Waals surface area contributed by atoms with Gasteiger partial charge in [0.1, 0.15) is 22.9 Å². The van der Waals surface area contributed by atoms with Gasteiger partial charge in [0.25, 0.3) is 0 Å². The van der Waals surface area contributed by atoms with Crippen molar-refractivity contribution in [2.45, 2.75) is 44.9 Å². The number of alkyl halides is 3. The van der Waals surface area contributed by atoms with Crippen LogP contribution in [0, 0.1) is 0 Å². The van der Waals surface area contributed by atoms with E-state index in [9.17, 15) is 13.2 Å². The van der Waals surface area contributed by atoms with Crippen LogP contribution in [0.2, 0.25) is 0 Å². The van der Waals surface area contributed by atoms with Gasteiger partial charge in [-0.25, -0.2) is 4.98 Å². The SMILES string of the molecule is CCOc1ccc(Nc2ncc(C(F)(F)F)c(Nc3ccccc3OC3CCCC3)n2)cc1. The lowest BCUT2D eigenvalue weighted by Gasteiger charge is -2.19. The Balaban J connectivity index is 1.60. The topological polar surface area (TPSA) is 68.3 Å². The molecule has 6 nitrogen and oxygen atoms in total. The largest absolute Gasteiger partial charge is 0.494 e. The molecule has 2 aromatic carbocycles. The van der Waals surface area contributed by atoms with Crippen LogP contribution in [0.25, 0.3) is 0 Å². The monoisotopic (exact) mass is 458 g/mol. The second-order valence-corrected chi connectivity index (χ2v) is 7.68. The van der Waals surface area contributed by atoms with Crippen molar-refractivity contribution < 1.29 is 22.6 Å². The summed E-state index contributed by atoms with van der Waals surface area (Å²) >= 11 is 0. The van der Waals surface area contributed by atoms with Gasteiger partial charge in [0.2, 0.25) is 5.95 Å². The van der Waals surface area contributed by atoms with Crippen LogP contribution >= 0.6 is 0 Å². The Bertz CT molecular complexity index is 1070. The van der Waals surface area contributed by atoms with Gasteiger partial charge in [-0.3, -0.25) is 0 Å². The molecular weight excluding hydrogens is 433 g/mol. The van der Waals surface area contributed by atoms with Crippen molar-refractivity contribution in [1.29, 1.82) is 0 Å². The lowest BCUT2D eigenvalue weighted by molar-refractivity contribution is -0.137. The molecule has 1 saturated carbocycles. The van der Waals surface area contributed by atoms with Crippen molar-refractivity contribution in [3.05, 3.63) is 60.3 Å². The van der Waals surface area contributed by atoms with E-state index in [1.165, 1.54) is 0 Å². The molecule has 1 heterocycles. The molecule has 0 spiro atoms. The third-order valence-corrected chi connectivity index (χ3v) is 5.25. The van der Waals surface area contributed by atoms with Crippen molar-refractivity contribution in [1.82, 2.24) is 9.97 Å². The Morgan fingerprint density at radius 2 is 1.73 bits per heavy atom. The van der Waals surface area contributed by atoms with Crippen molar-refractivity contribution in [2.75, 3.05) is 17.2 Å². The third-order valence-electron chi connectivity index (χ3n) is 5.25. The second-order valence-electron chi connectivity index (χ2n) is 7.68. The molecule has 3 aromatic rings. The fraction of sp³-hybridized carbons (Fsp3) is 0.333. The molecule has 9 heteroatoms. The molecule has 0 radical (unpaired) electrons. The average molecular weight is 458 g/mol. The van der Waals surface area contributed by atoms with Crippen molar-refractivity contribution in [3.8, 4) is 11.5 Å². The first-order valence-electron chi connectivity index (χ1n) is 10.9. The molecule has 0 bridgehead atoms. The summed E-state index contributed by atoms with van der Waals surface area (Å²) < 4.78 is 52.5. The summed E-state index contributed by atoms with van der Waals surface area (Å²) in [6.45, 7) is 2.42. The van der Waals surface area contributed by atoms with Crippen LogP contribution in [-0.4, -0.2) is 22.7 Å². The fourth-order valence-electron chi connectivity index (χ4n) is 3.66. The van der Waals surface area contributed by atoms with Crippen LogP contribution < -0.4 is 20.1 Å². The maximum Gasteiger partial charge on any atom is 0.421 e. The number of nitrogens with one attached hydrogen (secondary N) is 2. The van der Waals surface area contributed by atoms with Gasteiger partial charge >= 0.3 is 6.18 Å². The Morgan fingerprint density at radius 1 is 1.00 bits per heavy atom. The smallest absolute Gasteiger partial charge is 0.421 e. The first-order valence-corrected chi connectivity index (χ1v) is 10.9. The zero-order valence-corrected chi connectivity index (χ0v) is 18.2. The number of aromatic nitrogens is 2. The van der Waals surface area contributed by atoms with Gasteiger partial charge in [-0.1, -0.05) is 12.1 Å². The highest BCUT2D eigenvalue weighted by molar-refractivity contribution is 5.67. The van der Waals surface area contributed by atoms with Crippen molar-refractivity contribution in [2.24, 2.45) is 0 Å². The fourth-order valence-corrected chi connectivity index (χ4v) is 3.66. The van der Waals surface area contributed by atoms with Crippen LogP contribution in [0.5, 0.6) is 11.5 Å². The average Bonchev–Trinajstić information content (AvgIpc) is 3.29. The number of nitrogens with zero attached hydrogens (tertiary/aromatic N) is 2. The minimum atomic E-state index is -4.62. The number of rotatable bonds is 8. The number of halogens is 3. The molecular formula is C24H25F3N4O2. The quantitative estimate of drug-likeness (QED) is 0.391. The summed E-state index contributed by atoms with van der Waals surface area (Å²) in [4.78, 5) is 7.98. The maximum absolute atomic E-state index is 13.7. The van der Waals surface area contributed by atoms with Gasteiger partial charge in [-0.15, -0.1) is 0 Å². The van der Waals surface area contributed by atoms with Crippen LogP contribution in [0.3, 0.4) is 0 Å². The van der Waals surface area contributed by atoms with Crippen molar-refractivity contribution >= 4 is 23.1 Å². The molecule has 1 fully saturated rings. The predicted molar refractivity (Wildman–Crippen MR) is 121 cm³/mol. The summed E-state index contributed by atoms with van der Waals surface area (Å²) in [6, 6.07) is 13.9. The highest BCUT2D eigenvalue weighted by Crippen LogP contribution is 2.38. The molecule has 0 unspecified atom stereocenters. The molecule has 174 valence electrons. The van der Waals surface area contributed by atoms with E-state index in [1.54, 1.807) is 48.5 Å². The Morgan fingerprint density at radius 3 is 2.42 bits per heavy atom. The van der Waals surface area contributed by atoms with Gasteiger partial charge < -0.3 is 20.1 Å². The molecule has 0 atom stereocenters. The highest BCUT2D eigenvalue weighted by atomic mass is 19.4. The lowest BCUT2D eigenvalue weighted by atomic mass is 10.2. The first kappa shape index (κ1) is 22.7. The van der Waals surface area contributed by atoms with Gasteiger partial charge in [0, 0.05) is 11.9 Å². The molecule has 0 aliphatic heterocycles. The van der Waals surface area contributed by atoms with E-state index >= 15 is 0 Å². The highest BCUT2D eigenvalue weighted by Gasteiger charge is 2.35. The second kappa shape index (κ2) is 9.97. The Kier molecular flexibility index (Phi) is 6.86. The Labute approximate surface area is 190 Å². The van der Waals surface area contributed by atoms with Gasteiger partial charge in [-0.2, -0.15) is 18.2 Å². The zero-order chi connectivity index (χ0) is 23.3. The standard InChI is InChI=1S/C24H25F3N4O2/c1-2-32-17-13-11-16(12-14-17)29-23-28-15-19(24(25,26)27)22(31-23)30-20-9-5-6-10-21(20)33-18-7-3-4-8-18/h5-6,9-15,18H,2-4,7-8H2,1H3,(H2,28,29,30,31). The lowest BCUT2D eigenvalue weighted by Crippen LogP contribution is -2.14. The molecule has 1 aromatic heterocycles. The van der Waals surface area contributed by atoms with Gasteiger partial charge in [0.05, 0.1) is 18.4 Å². The number of ether oxygens (including phenoxy) is 2. The normalized spacial score (nSPS) is 14.2. The number of benzene rings is 2. The molecule has 1 aliphatic rings. The summed E-state index contributed by atoms with van der Waals surface area (Å²) in [5, 5.41) is 5.75. The number of hydrogen-bond donors (Lipinski definition) is 2. The predicted octanol–water partition coefficient (Wildman–Crippen LogP) is 6.70. The van der Waals surface area contributed by atoms with E-state index in [2.05, 4.69) is 20.6 Å². The first-order chi connectivity index (χ1) is 15.9. The van der Waals surface area contributed by atoms with Gasteiger partial charge in [0.15, 0.2) is 0 Å². The van der Waals surface area contributed by atoms with E-state index in [4.69, 9.17) is 9.47 Å². The van der Waals surface area contributed by atoms with Crippen LogP contribution in [-0.2, 0) is 6.18 Å². The third kappa shape index (κ3) is 5.85. The zero-order valence-electron chi connectivity index (χ0n) is 18.2. The number of hydrogen-bond acceptors (Lipinski definition) is 6. The van der Waals surface area contributed by atoms with E-state index in [0.717, 1.165) is 31.9 Å². The number of para-hydroxylation sites is 2. The minimum Gasteiger partial charge on any atom is -0.494 e. The summed E-state index contributed by atoms with van der Waals surface area (Å²) in [5.41, 5.74) is 0.0742. The molecule has 0 saturated heterocycles. The number of anilines is 4. The van der Waals surface area contributed by atoms with Crippen LogP contribution in [0.4, 0.5) is 36.3 Å². The maximum atomic E-state index is 13.7. The van der Waals surface area contributed by atoms with E-state index in [1.807, 2.05) is 6.92 Å². The molecule has 0 amide bonds. The van der Waals surface area contributed by atoms with E-state index in [0.29, 0.717) is 29.5 Å². The summed E-state index contributed by atoms with van der Waals surface area (Å²) in [6.07, 6.45) is 0.263. The Hall–Kier alpha value is -3.49. The molecule has 2 N–H and O–H groups in total. The van der Waals surface area contributed by atoms with E-state index in [-0.39, 0.29) is 17.9 Å². The summed E-state index contributed by atoms with van der Waals surface area (Å²) in [7, 11) is 0. The van der Waals surface area contributed by atoms with Crippen LogP contribution in [0.1, 0.15) is 38.2 Å². The summed E-state index contributed by atoms with van der Waals surface area (Å²) in [5.74, 6) is 0.868. The molecule has 1 aliphatic carbocycles. The minimum absolute atomic E-state index is 0.0313. The van der Waals surface area contributed by atoms with Crippen LogP contribution in [0.15, 0.2) is 54.7 Å². The van der Waals surface area contributed by atoms with Crippen molar-refractivity contribution in [3.63, 3.8) is 0 Å². The van der Waals surface area contributed by atoms with E-state index < -0.39 is 11.7 Å². The molecule has 33 heavy (non-hydrogen) atoms.